The Kier molecular flexibility index (Phi) is 8.20. The van der Waals surface area contributed by atoms with E-state index in [4.69, 9.17) is 18.7 Å². The maximum Gasteiger partial charge on any atom is 0.402 e. The lowest BCUT2D eigenvalue weighted by Crippen LogP contribution is -2.03. The molecule has 0 saturated carbocycles. The number of hydrogen-bond acceptors (Lipinski definition) is 3. The molecule has 6 nitrogen and oxygen atoms in total. The van der Waals surface area contributed by atoms with Gasteiger partial charge in [0.1, 0.15) is 0 Å². The lowest BCUT2D eigenvalue weighted by atomic mass is 11.3. The van der Waals surface area contributed by atoms with Crippen molar-refractivity contribution in [2.45, 2.75) is 0 Å². The van der Waals surface area contributed by atoms with E-state index in [9.17, 15) is 0 Å². The molecule has 0 radical (unpaired) electrons. The second kappa shape index (κ2) is 6.34. The van der Waals surface area contributed by atoms with E-state index < -0.39 is 17.4 Å². The van der Waals surface area contributed by atoms with Crippen LogP contribution >= 0.6 is 0 Å². The fourth-order valence-electron chi connectivity index (χ4n) is 0. The average molecular weight is 141 g/mol. The van der Waals surface area contributed by atoms with Crippen LogP contribution in [-0.2, 0) is 11.3 Å². The Morgan fingerprint density at radius 1 is 1.75 bits per heavy atom. The summed E-state index contributed by atoms with van der Waals surface area (Å²) in [5.41, 5.74) is 4.03. The third kappa shape index (κ3) is 231. The summed E-state index contributed by atoms with van der Waals surface area (Å²) < 4.78 is 17.6. The van der Waals surface area contributed by atoms with E-state index in [2.05, 4.69) is 10.9 Å². The fraction of sp³-hybridized carbons (Fsp3) is 0. The second-order valence-corrected chi connectivity index (χ2v) is 1.12. The molecule has 0 bridgehead atoms. The molecular formula is CH5N2O4S-. The van der Waals surface area contributed by atoms with E-state index >= 15 is 0 Å². The topological polar surface area (TPSA) is 129 Å². The summed E-state index contributed by atoms with van der Waals surface area (Å²) in [6.07, 6.45) is -1.33. The zero-order chi connectivity index (χ0) is 7.15. The van der Waals surface area contributed by atoms with Crippen molar-refractivity contribution in [2.24, 2.45) is 10.9 Å². The number of primary amides is 1. The monoisotopic (exact) mass is 141 g/mol. The molecule has 0 heterocycles. The number of rotatable bonds is 0. The van der Waals surface area contributed by atoms with Gasteiger partial charge in [-0.2, -0.15) is 0 Å². The molecule has 0 aliphatic carbocycles. The lowest BCUT2D eigenvalue weighted by Gasteiger charge is -1.85. The van der Waals surface area contributed by atoms with Gasteiger partial charge in [-0.15, -0.1) is 0 Å². The first-order valence-corrected chi connectivity index (χ1v) is 2.42. The van der Waals surface area contributed by atoms with Gasteiger partial charge in [0.2, 0.25) is 0 Å². The van der Waals surface area contributed by atoms with E-state index in [0.717, 1.165) is 0 Å². The van der Waals surface area contributed by atoms with E-state index in [-0.39, 0.29) is 0 Å². The van der Waals surface area contributed by atoms with E-state index in [1.807, 2.05) is 0 Å². The molecule has 0 rings (SSSR count). The first-order valence-electron chi connectivity index (χ1n) is 1.29. The highest BCUT2D eigenvalue weighted by Crippen LogP contribution is 1.34. The molecule has 0 aliphatic heterocycles. The molecule has 0 spiro atoms. The summed E-state index contributed by atoms with van der Waals surface area (Å²) in [5.74, 6) is 0. The first kappa shape index (κ1) is 10.3. The molecule has 0 aromatic carbocycles. The van der Waals surface area contributed by atoms with Crippen LogP contribution < -0.4 is 10.9 Å². The summed E-state index contributed by atoms with van der Waals surface area (Å²) in [6, 6.07) is 0. The number of carboxylic acid groups (broad SMARTS) is 1. The van der Waals surface area contributed by atoms with Crippen LogP contribution in [0.15, 0.2) is 0 Å². The van der Waals surface area contributed by atoms with Crippen molar-refractivity contribution in [1.29, 1.82) is 0 Å². The van der Waals surface area contributed by atoms with Gasteiger partial charge in [-0.3, -0.25) is 9.35 Å². The summed E-state index contributed by atoms with van der Waals surface area (Å²) in [5, 5.41) is 11.2. The third-order valence-corrected chi connectivity index (χ3v) is 0. The van der Waals surface area contributed by atoms with Crippen molar-refractivity contribution in [3.8, 4) is 0 Å². The SMILES string of the molecule is NC(=O)O.NS(=O)[O-]. The molecule has 1 unspecified atom stereocenters. The molecule has 5 N–H and O–H groups in total. The van der Waals surface area contributed by atoms with Crippen LogP contribution in [0.5, 0.6) is 0 Å². The fourth-order valence-corrected chi connectivity index (χ4v) is 0. The zero-order valence-electron chi connectivity index (χ0n) is 3.73. The average Bonchev–Trinajstić information content (AvgIpc) is 1.25. The Labute approximate surface area is 47.9 Å². The molecule has 1 atom stereocenters. The molecule has 0 saturated heterocycles. The van der Waals surface area contributed by atoms with Crippen LogP contribution in [0.4, 0.5) is 4.79 Å². The van der Waals surface area contributed by atoms with Crippen molar-refractivity contribution < 1.29 is 18.7 Å². The molecule has 1 amide bonds. The Balaban J connectivity index is 0. The molecule has 0 aliphatic rings. The Morgan fingerprint density at radius 3 is 1.75 bits per heavy atom. The molecular weight excluding hydrogens is 136 g/mol. The van der Waals surface area contributed by atoms with Gasteiger partial charge in [0, 0.05) is 11.3 Å². The highest BCUT2D eigenvalue weighted by molar-refractivity contribution is 7.76. The zero-order valence-corrected chi connectivity index (χ0v) is 4.55. The Bertz CT molecular complexity index is 72.0. The predicted octanol–water partition coefficient (Wildman–Crippen LogP) is -1.64. The first-order chi connectivity index (χ1) is 3.46. The van der Waals surface area contributed by atoms with E-state index in [0.29, 0.717) is 0 Å². The summed E-state index contributed by atoms with van der Waals surface area (Å²) >= 11 is -2.36. The molecule has 7 heteroatoms. The van der Waals surface area contributed by atoms with Crippen LogP contribution in [0.2, 0.25) is 0 Å². The van der Waals surface area contributed by atoms with Crippen molar-refractivity contribution in [1.82, 2.24) is 0 Å². The number of carbonyl (C=O) groups is 1. The standard InChI is InChI=1S/CH3NO2.H3NO2S/c2-1(3)4;1-4(2)3/h2H2,(H,3,4);1H2,(H,2,3)/p-1. The maximum absolute atomic E-state index is 8.78. The number of hydrogen-bond donors (Lipinski definition) is 3. The van der Waals surface area contributed by atoms with Crippen LogP contribution in [0, 0.1) is 0 Å². The number of nitrogens with two attached hydrogens (primary N) is 2. The summed E-state index contributed by atoms with van der Waals surface area (Å²) in [6.45, 7) is 0. The maximum atomic E-state index is 8.78. The lowest BCUT2D eigenvalue weighted by molar-refractivity contribution is 0.205. The van der Waals surface area contributed by atoms with Crippen LogP contribution in [0.1, 0.15) is 0 Å². The van der Waals surface area contributed by atoms with E-state index in [1.165, 1.54) is 0 Å². The normalized spacial score (nSPS) is 10.8. The molecule has 0 aromatic heterocycles. The minimum absolute atomic E-state index is 1.33. The highest BCUT2D eigenvalue weighted by atomic mass is 32.2. The van der Waals surface area contributed by atoms with Gasteiger partial charge in [0.25, 0.3) is 0 Å². The molecule has 0 aromatic rings. The van der Waals surface area contributed by atoms with Gasteiger partial charge in [-0.25, -0.2) is 4.79 Å². The smallest absolute Gasteiger partial charge is 0.402 e. The molecule has 0 fully saturated rings. The van der Waals surface area contributed by atoms with Crippen molar-refractivity contribution in [3.63, 3.8) is 0 Å². The highest BCUT2D eigenvalue weighted by Gasteiger charge is 1.65. The van der Waals surface area contributed by atoms with Gasteiger partial charge in [-0.1, -0.05) is 0 Å². The minimum atomic E-state index is -2.36. The van der Waals surface area contributed by atoms with Crippen molar-refractivity contribution >= 4 is 17.4 Å². The van der Waals surface area contributed by atoms with Crippen LogP contribution in [0.3, 0.4) is 0 Å². The molecule has 50 valence electrons. The van der Waals surface area contributed by atoms with Crippen molar-refractivity contribution in [3.05, 3.63) is 0 Å². The third-order valence-electron chi connectivity index (χ3n) is 0. The van der Waals surface area contributed by atoms with Gasteiger partial charge in [0.05, 0.1) is 0 Å². The van der Waals surface area contributed by atoms with Gasteiger partial charge < -0.3 is 15.4 Å². The van der Waals surface area contributed by atoms with Gasteiger partial charge in [-0.05, 0) is 0 Å². The summed E-state index contributed by atoms with van der Waals surface area (Å²) in [7, 11) is 0. The van der Waals surface area contributed by atoms with E-state index in [1.54, 1.807) is 0 Å². The summed E-state index contributed by atoms with van der Waals surface area (Å²) in [4.78, 5) is 8.78. The quantitative estimate of drug-likeness (QED) is 0.349. The Hall–Kier alpha value is -0.660. The second-order valence-electron chi connectivity index (χ2n) is 0.599. The minimum Gasteiger partial charge on any atom is -0.760 e. The van der Waals surface area contributed by atoms with Crippen LogP contribution in [0.25, 0.3) is 0 Å². The molecule has 8 heavy (non-hydrogen) atoms. The Morgan fingerprint density at radius 2 is 1.75 bits per heavy atom. The van der Waals surface area contributed by atoms with Gasteiger partial charge in [0.15, 0.2) is 0 Å². The number of amides is 1. The largest absolute Gasteiger partial charge is 0.760 e. The van der Waals surface area contributed by atoms with Crippen LogP contribution in [-0.4, -0.2) is 20.0 Å². The van der Waals surface area contributed by atoms with Gasteiger partial charge >= 0.3 is 6.09 Å². The predicted molar refractivity (Wildman–Crippen MR) is 25.3 cm³/mol. The van der Waals surface area contributed by atoms with Crippen molar-refractivity contribution in [2.75, 3.05) is 0 Å².